The molecule has 0 saturated heterocycles. The van der Waals surface area contributed by atoms with Gasteiger partial charge in [-0.2, -0.15) is 0 Å². The molecule has 2 rings (SSSR count). The normalized spacial score (nSPS) is 10.3. The second kappa shape index (κ2) is 10.3. The Kier molecular flexibility index (Phi) is 7.75. The lowest BCUT2D eigenvalue weighted by molar-refractivity contribution is 0.0544. The molecule has 0 bridgehead atoms. The molecule has 0 spiro atoms. The third kappa shape index (κ3) is 6.45. The lowest BCUT2D eigenvalue weighted by Crippen LogP contribution is -2.10. The van der Waals surface area contributed by atoms with E-state index in [0.717, 1.165) is 5.69 Å². The highest BCUT2D eigenvalue weighted by Gasteiger charge is 2.08. The molecular formula is C19H23NO5. The maximum Gasteiger partial charge on any atom is 0.343 e. The molecule has 2 aromatic carbocycles. The zero-order chi connectivity index (χ0) is 17.9. The summed E-state index contributed by atoms with van der Waals surface area (Å²) < 4.78 is 21.1. The average Bonchev–Trinajstić information content (AvgIpc) is 2.65. The topological polar surface area (TPSA) is 66.0 Å². The average molecular weight is 345 g/mol. The fraction of sp³-hybridized carbons (Fsp3) is 0.316. The first kappa shape index (κ1) is 18.8. The minimum Gasteiger partial charge on any atom is -0.491 e. The molecule has 2 aromatic rings. The van der Waals surface area contributed by atoms with Crippen molar-refractivity contribution >= 4 is 11.7 Å². The van der Waals surface area contributed by atoms with Gasteiger partial charge in [0.05, 0.1) is 25.4 Å². The van der Waals surface area contributed by atoms with E-state index in [1.807, 2.05) is 19.2 Å². The van der Waals surface area contributed by atoms with Crippen molar-refractivity contribution in [2.24, 2.45) is 0 Å². The molecule has 0 aromatic heterocycles. The molecule has 0 amide bonds. The van der Waals surface area contributed by atoms with Gasteiger partial charge in [0, 0.05) is 19.8 Å². The summed E-state index contributed by atoms with van der Waals surface area (Å²) in [4.78, 5) is 12.1. The standard InChI is InChI=1S/C19H23NO5/c1-20-16-5-9-18(10-6-16)25-19(21)15-3-7-17(8-4-15)24-14-13-23-12-11-22-2/h3-10,20H,11-14H2,1-2H3. The maximum atomic E-state index is 12.1. The van der Waals surface area contributed by atoms with Gasteiger partial charge in [0.15, 0.2) is 0 Å². The van der Waals surface area contributed by atoms with Crippen molar-refractivity contribution in [3.63, 3.8) is 0 Å². The summed E-state index contributed by atoms with van der Waals surface area (Å²) in [7, 11) is 3.46. The van der Waals surface area contributed by atoms with E-state index in [-0.39, 0.29) is 0 Å². The lowest BCUT2D eigenvalue weighted by Gasteiger charge is -2.08. The highest BCUT2D eigenvalue weighted by Crippen LogP contribution is 2.18. The van der Waals surface area contributed by atoms with E-state index in [1.54, 1.807) is 43.5 Å². The van der Waals surface area contributed by atoms with Crippen molar-refractivity contribution in [3.05, 3.63) is 54.1 Å². The quantitative estimate of drug-likeness (QED) is 0.406. The number of benzene rings is 2. The van der Waals surface area contributed by atoms with Crippen LogP contribution in [-0.2, 0) is 9.47 Å². The summed E-state index contributed by atoms with van der Waals surface area (Å²) >= 11 is 0. The monoisotopic (exact) mass is 345 g/mol. The highest BCUT2D eigenvalue weighted by molar-refractivity contribution is 5.91. The third-order valence-corrected chi connectivity index (χ3v) is 3.37. The number of ether oxygens (including phenoxy) is 4. The summed E-state index contributed by atoms with van der Waals surface area (Å²) in [6.07, 6.45) is 0. The Morgan fingerprint density at radius 1 is 0.880 bits per heavy atom. The maximum absolute atomic E-state index is 12.1. The van der Waals surface area contributed by atoms with E-state index in [9.17, 15) is 4.79 Å². The molecule has 25 heavy (non-hydrogen) atoms. The van der Waals surface area contributed by atoms with Gasteiger partial charge in [-0.3, -0.25) is 0 Å². The number of carbonyl (C=O) groups excluding carboxylic acids is 1. The van der Waals surface area contributed by atoms with Gasteiger partial charge < -0.3 is 24.3 Å². The number of rotatable bonds is 10. The van der Waals surface area contributed by atoms with Gasteiger partial charge in [0.2, 0.25) is 0 Å². The lowest BCUT2D eigenvalue weighted by atomic mass is 10.2. The molecule has 0 atom stereocenters. The Morgan fingerprint density at radius 3 is 2.16 bits per heavy atom. The van der Waals surface area contributed by atoms with Crippen LogP contribution < -0.4 is 14.8 Å². The van der Waals surface area contributed by atoms with Crippen LogP contribution in [0.3, 0.4) is 0 Å². The molecule has 0 saturated carbocycles. The summed E-state index contributed by atoms with van der Waals surface area (Å²) in [6.45, 7) is 2.02. The van der Waals surface area contributed by atoms with Gasteiger partial charge in [0.1, 0.15) is 18.1 Å². The molecule has 0 radical (unpaired) electrons. The van der Waals surface area contributed by atoms with E-state index in [4.69, 9.17) is 18.9 Å². The number of nitrogens with one attached hydrogen (secondary N) is 1. The molecule has 0 fully saturated rings. The molecule has 0 aliphatic carbocycles. The zero-order valence-electron chi connectivity index (χ0n) is 14.5. The second-order valence-electron chi connectivity index (χ2n) is 5.14. The number of anilines is 1. The molecule has 6 heteroatoms. The first-order valence-corrected chi connectivity index (χ1v) is 8.02. The van der Waals surface area contributed by atoms with E-state index in [0.29, 0.717) is 43.5 Å². The van der Waals surface area contributed by atoms with Crippen molar-refractivity contribution in [1.82, 2.24) is 0 Å². The predicted octanol–water partition coefficient (Wildman–Crippen LogP) is 2.99. The fourth-order valence-electron chi connectivity index (χ4n) is 2.01. The Balaban J connectivity index is 1.79. The van der Waals surface area contributed by atoms with Crippen LogP contribution in [0, 0.1) is 0 Å². The molecule has 0 aliphatic rings. The van der Waals surface area contributed by atoms with Crippen LogP contribution in [-0.4, -0.2) is 46.6 Å². The molecular weight excluding hydrogens is 322 g/mol. The smallest absolute Gasteiger partial charge is 0.343 e. The molecule has 0 unspecified atom stereocenters. The van der Waals surface area contributed by atoms with Crippen molar-refractivity contribution in [3.8, 4) is 11.5 Å². The van der Waals surface area contributed by atoms with Crippen LogP contribution >= 0.6 is 0 Å². The summed E-state index contributed by atoms with van der Waals surface area (Å²) in [5.74, 6) is 0.759. The van der Waals surface area contributed by atoms with Crippen molar-refractivity contribution in [2.45, 2.75) is 0 Å². The van der Waals surface area contributed by atoms with Gasteiger partial charge >= 0.3 is 5.97 Å². The first-order chi connectivity index (χ1) is 12.2. The molecule has 1 N–H and O–H groups in total. The number of carbonyl (C=O) groups is 1. The van der Waals surface area contributed by atoms with Crippen LogP contribution in [0.2, 0.25) is 0 Å². The molecule has 0 heterocycles. The van der Waals surface area contributed by atoms with Crippen LogP contribution in [0.4, 0.5) is 5.69 Å². The first-order valence-electron chi connectivity index (χ1n) is 8.02. The van der Waals surface area contributed by atoms with E-state index >= 15 is 0 Å². The minimum atomic E-state index is -0.411. The second-order valence-corrected chi connectivity index (χ2v) is 5.14. The van der Waals surface area contributed by atoms with Crippen molar-refractivity contribution in [1.29, 1.82) is 0 Å². The van der Waals surface area contributed by atoms with Gasteiger partial charge in [0.25, 0.3) is 0 Å². The minimum absolute atomic E-state index is 0.411. The van der Waals surface area contributed by atoms with Crippen LogP contribution in [0.15, 0.2) is 48.5 Å². The van der Waals surface area contributed by atoms with Crippen LogP contribution in [0.1, 0.15) is 10.4 Å². The third-order valence-electron chi connectivity index (χ3n) is 3.37. The van der Waals surface area contributed by atoms with Gasteiger partial charge in [-0.05, 0) is 48.5 Å². The van der Waals surface area contributed by atoms with Gasteiger partial charge in [-0.25, -0.2) is 4.79 Å². The predicted molar refractivity (Wildman–Crippen MR) is 95.6 cm³/mol. The van der Waals surface area contributed by atoms with Crippen molar-refractivity contribution in [2.75, 3.05) is 45.9 Å². The number of hydrogen-bond donors (Lipinski definition) is 1. The zero-order valence-corrected chi connectivity index (χ0v) is 14.5. The van der Waals surface area contributed by atoms with Gasteiger partial charge in [-0.15, -0.1) is 0 Å². The molecule has 6 nitrogen and oxygen atoms in total. The Bertz CT molecular complexity index is 640. The summed E-state index contributed by atoms with van der Waals surface area (Å²) in [6, 6.07) is 14.0. The molecule has 0 aliphatic heterocycles. The molecule has 134 valence electrons. The summed E-state index contributed by atoms with van der Waals surface area (Å²) in [5, 5.41) is 3.01. The Hall–Kier alpha value is -2.57. The SMILES string of the molecule is CNc1ccc(OC(=O)c2ccc(OCCOCCOC)cc2)cc1. The highest BCUT2D eigenvalue weighted by atomic mass is 16.5. The van der Waals surface area contributed by atoms with Crippen LogP contribution in [0.5, 0.6) is 11.5 Å². The van der Waals surface area contributed by atoms with E-state index < -0.39 is 5.97 Å². The largest absolute Gasteiger partial charge is 0.491 e. The summed E-state index contributed by atoms with van der Waals surface area (Å²) in [5.41, 5.74) is 1.41. The van der Waals surface area contributed by atoms with Crippen LogP contribution in [0.25, 0.3) is 0 Å². The Labute approximate surface area is 147 Å². The Morgan fingerprint density at radius 2 is 1.52 bits per heavy atom. The van der Waals surface area contributed by atoms with E-state index in [2.05, 4.69) is 5.32 Å². The number of esters is 1. The van der Waals surface area contributed by atoms with E-state index in [1.165, 1.54) is 0 Å². The number of hydrogen-bond acceptors (Lipinski definition) is 6. The van der Waals surface area contributed by atoms with Gasteiger partial charge in [-0.1, -0.05) is 0 Å². The van der Waals surface area contributed by atoms with Crippen molar-refractivity contribution < 1.29 is 23.7 Å². The number of methoxy groups -OCH3 is 1. The fourth-order valence-corrected chi connectivity index (χ4v) is 2.01.